The number of hydrogen-bond donors (Lipinski definition) is 0. The minimum absolute atomic E-state index is 0.136. The summed E-state index contributed by atoms with van der Waals surface area (Å²) >= 11 is 7.71. The molecule has 0 fully saturated rings. The number of aromatic nitrogens is 1. The first-order chi connectivity index (χ1) is 13.7. The lowest BCUT2D eigenvalue weighted by molar-refractivity contribution is -0.114. The fourth-order valence-corrected chi connectivity index (χ4v) is 4.01. The molecule has 3 nitrogen and oxygen atoms in total. The van der Waals surface area contributed by atoms with Crippen molar-refractivity contribution in [3.8, 4) is 0 Å². The number of carbonyl (C=O) groups is 1. The molecule has 0 atom stereocenters. The van der Waals surface area contributed by atoms with E-state index in [4.69, 9.17) is 11.6 Å². The Hall–Kier alpha value is -2.95. The molecule has 4 aromatic rings. The van der Waals surface area contributed by atoms with Crippen LogP contribution in [0.2, 0.25) is 5.02 Å². The lowest BCUT2D eigenvalue weighted by Crippen LogP contribution is -2.28. The largest absolute Gasteiger partial charge is 0.280 e. The van der Waals surface area contributed by atoms with Crippen LogP contribution in [0.25, 0.3) is 16.3 Å². The first-order valence-corrected chi connectivity index (χ1v) is 10.0. The van der Waals surface area contributed by atoms with E-state index >= 15 is 0 Å². The maximum absolute atomic E-state index is 13.1. The van der Waals surface area contributed by atoms with Gasteiger partial charge in [0.05, 0.1) is 16.8 Å². The van der Waals surface area contributed by atoms with Gasteiger partial charge in [0.2, 0.25) is 0 Å². The molecule has 5 heteroatoms. The van der Waals surface area contributed by atoms with Crippen molar-refractivity contribution in [3.63, 3.8) is 0 Å². The zero-order valence-corrected chi connectivity index (χ0v) is 16.5. The van der Waals surface area contributed by atoms with Gasteiger partial charge in [-0.3, -0.25) is 9.69 Å². The number of hydrogen-bond acceptors (Lipinski definition) is 3. The molecule has 1 amide bonds. The van der Waals surface area contributed by atoms with Gasteiger partial charge in [0, 0.05) is 11.1 Å². The number of amides is 1. The number of halogens is 1. The van der Waals surface area contributed by atoms with Crippen LogP contribution in [-0.4, -0.2) is 10.9 Å². The van der Waals surface area contributed by atoms with Gasteiger partial charge in [0.15, 0.2) is 5.13 Å². The van der Waals surface area contributed by atoms with E-state index in [0.717, 1.165) is 21.3 Å². The highest BCUT2D eigenvalue weighted by Gasteiger charge is 2.18. The van der Waals surface area contributed by atoms with E-state index in [-0.39, 0.29) is 5.91 Å². The Bertz CT molecular complexity index is 1100. The highest BCUT2D eigenvalue weighted by atomic mass is 35.5. The molecule has 0 spiro atoms. The number of fused-ring (bicyclic) bond motifs is 1. The molecular weight excluding hydrogens is 388 g/mol. The quantitative estimate of drug-likeness (QED) is 0.371. The van der Waals surface area contributed by atoms with Crippen molar-refractivity contribution in [2.24, 2.45) is 0 Å². The van der Waals surface area contributed by atoms with Gasteiger partial charge >= 0.3 is 0 Å². The van der Waals surface area contributed by atoms with Gasteiger partial charge in [-0.1, -0.05) is 83.6 Å². The van der Waals surface area contributed by atoms with Gasteiger partial charge in [-0.05, 0) is 35.4 Å². The summed E-state index contributed by atoms with van der Waals surface area (Å²) in [7, 11) is 0. The highest BCUT2D eigenvalue weighted by Crippen LogP contribution is 2.30. The number of para-hydroxylation sites is 1. The molecule has 1 aromatic heterocycles. The van der Waals surface area contributed by atoms with Crippen LogP contribution in [0.5, 0.6) is 0 Å². The van der Waals surface area contributed by atoms with Gasteiger partial charge in [0.1, 0.15) is 0 Å². The van der Waals surface area contributed by atoms with E-state index in [1.54, 1.807) is 23.1 Å². The molecule has 1 heterocycles. The lowest BCUT2D eigenvalue weighted by Gasteiger charge is -2.18. The van der Waals surface area contributed by atoms with Crippen molar-refractivity contribution in [2.45, 2.75) is 6.54 Å². The van der Waals surface area contributed by atoms with E-state index in [0.29, 0.717) is 16.7 Å². The molecule has 0 unspecified atom stereocenters. The van der Waals surface area contributed by atoms with Crippen LogP contribution >= 0.6 is 22.9 Å². The first kappa shape index (κ1) is 18.4. The van der Waals surface area contributed by atoms with Crippen molar-refractivity contribution < 1.29 is 4.79 Å². The zero-order chi connectivity index (χ0) is 19.3. The predicted molar refractivity (Wildman–Crippen MR) is 118 cm³/mol. The highest BCUT2D eigenvalue weighted by molar-refractivity contribution is 7.22. The summed E-state index contributed by atoms with van der Waals surface area (Å²) in [6.07, 6.45) is 3.30. The van der Waals surface area contributed by atoms with Gasteiger partial charge in [-0.2, -0.15) is 0 Å². The zero-order valence-electron chi connectivity index (χ0n) is 15.0. The van der Waals surface area contributed by atoms with Crippen molar-refractivity contribution in [1.82, 2.24) is 4.98 Å². The Morgan fingerprint density at radius 2 is 1.68 bits per heavy atom. The summed E-state index contributed by atoms with van der Waals surface area (Å²) in [6, 6.07) is 25.3. The van der Waals surface area contributed by atoms with Gasteiger partial charge < -0.3 is 0 Å². The van der Waals surface area contributed by atoms with Gasteiger partial charge in [-0.25, -0.2) is 4.98 Å². The average Bonchev–Trinajstić information content (AvgIpc) is 3.16. The second-order valence-corrected chi connectivity index (χ2v) is 7.65. The summed E-state index contributed by atoms with van der Waals surface area (Å²) in [5, 5.41) is 1.29. The Labute approximate surface area is 172 Å². The Morgan fingerprint density at radius 3 is 2.46 bits per heavy atom. The minimum Gasteiger partial charge on any atom is -0.280 e. The second-order valence-electron chi connectivity index (χ2n) is 6.23. The van der Waals surface area contributed by atoms with E-state index in [1.165, 1.54) is 11.3 Å². The number of anilines is 1. The molecule has 0 aliphatic heterocycles. The van der Waals surface area contributed by atoms with Crippen LogP contribution < -0.4 is 4.90 Å². The normalized spacial score (nSPS) is 11.2. The third kappa shape index (κ3) is 4.14. The molecule has 138 valence electrons. The van der Waals surface area contributed by atoms with E-state index in [2.05, 4.69) is 4.98 Å². The second kappa shape index (κ2) is 8.38. The van der Waals surface area contributed by atoms with Crippen molar-refractivity contribution >= 4 is 50.3 Å². The molecule has 0 N–H and O–H groups in total. The SMILES string of the molecule is O=C(/C=C/c1ccccc1Cl)N(Cc1ccccc1)c1nc2ccccc2s1. The summed E-state index contributed by atoms with van der Waals surface area (Å²) in [6.45, 7) is 0.451. The Balaban J connectivity index is 1.67. The summed E-state index contributed by atoms with van der Waals surface area (Å²) in [4.78, 5) is 19.4. The van der Waals surface area contributed by atoms with Crippen LogP contribution in [0.15, 0.2) is 84.9 Å². The molecular formula is C23H17ClN2OS. The monoisotopic (exact) mass is 404 g/mol. The fraction of sp³-hybridized carbons (Fsp3) is 0.0435. The fourth-order valence-electron chi connectivity index (χ4n) is 2.84. The van der Waals surface area contributed by atoms with Crippen molar-refractivity contribution in [3.05, 3.63) is 101 Å². The Morgan fingerprint density at radius 1 is 0.964 bits per heavy atom. The standard InChI is InChI=1S/C23H17ClN2OS/c24-19-11-5-4-10-18(19)14-15-22(27)26(16-17-8-2-1-3-9-17)23-25-20-12-6-7-13-21(20)28-23/h1-15H,16H2/b15-14+. The number of rotatable bonds is 5. The van der Waals surface area contributed by atoms with Crippen LogP contribution in [0.4, 0.5) is 5.13 Å². The molecule has 0 bridgehead atoms. The molecule has 28 heavy (non-hydrogen) atoms. The molecule has 0 saturated carbocycles. The predicted octanol–water partition coefficient (Wildman–Crippen LogP) is 6.20. The lowest BCUT2D eigenvalue weighted by atomic mass is 10.2. The topological polar surface area (TPSA) is 33.2 Å². The molecule has 3 aromatic carbocycles. The number of thiazole rings is 1. The molecule has 0 aliphatic rings. The van der Waals surface area contributed by atoms with Crippen LogP contribution in [0.1, 0.15) is 11.1 Å². The van der Waals surface area contributed by atoms with E-state index < -0.39 is 0 Å². The third-order valence-electron chi connectivity index (χ3n) is 4.27. The number of nitrogens with zero attached hydrogens (tertiary/aromatic N) is 2. The number of benzene rings is 3. The third-order valence-corrected chi connectivity index (χ3v) is 5.68. The molecule has 4 rings (SSSR count). The average molecular weight is 405 g/mol. The minimum atomic E-state index is -0.136. The molecule has 0 radical (unpaired) electrons. The van der Waals surface area contributed by atoms with Crippen LogP contribution in [0.3, 0.4) is 0 Å². The van der Waals surface area contributed by atoms with Gasteiger partial charge in [-0.15, -0.1) is 0 Å². The van der Waals surface area contributed by atoms with E-state index in [9.17, 15) is 4.79 Å². The number of carbonyl (C=O) groups excluding carboxylic acids is 1. The molecule has 0 saturated heterocycles. The summed E-state index contributed by atoms with van der Waals surface area (Å²) in [5.41, 5.74) is 2.74. The maximum atomic E-state index is 13.1. The first-order valence-electron chi connectivity index (χ1n) is 8.84. The van der Waals surface area contributed by atoms with Crippen LogP contribution in [0, 0.1) is 0 Å². The summed E-state index contributed by atoms with van der Waals surface area (Å²) < 4.78 is 1.05. The van der Waals surface area contributed by atoms with Crippen LogP contribution in [-0.2, 0) is 11.3 Å². The van der Waals surface area contributed by atoms with Crippen molar-refractivity contribution in [1.29, 1.82) is 0 Å². The van der Waals surface area contributed by atoms with Gasteiger partial charge in [0.25, 0.3) is 5.91 Å². The Kier molecular flexibility index (Phi) is 5.51. The van der Waals surface area contributed by atoms with Crippen molar-refractivity contribution in [2.75, 3.05) is 4.90 Å². The maximum Gasteiger partial charge on any atom is 0.253 e. The smallest absolute Gasteiger partial charge is 0.253 e. The summed E-state index contributed by atoms with van der Waals surface area (Å²) in [5.74, 6) is -0.136. The van der Waals surface area contributed by atoms with E-state index in [1.807, 2.05) is 72.8 Å². The molecule has 0 aliphatic carbocycles.